The van der Waals surface area contributed by atoms with Crippen LogP contribution in [0.3, 0.4) is 0 Å². The van der Waals surface area contributed by atoms with E-state index in [1.54, 1.807) is 18.3 Å². The van der Waals surface area contributed by atoms with Crippen LogP contribution in [0.1, 0.15) is 42.5 Å². The molecule has 4 rings (SSSR count). The van der Waals surface area contributed by atoms with Crippen molar-refractivity contribution in [3.8, 4) is 0 Å². The molecule has 1 N–H and O–H groups in total. The molecule has 1 atom stereocenters. The molecule has 0 unspecified atom stereocenters. The number of amides is 1. The van der Waals surface area contributed by atoms with Gasteiger partial charge in [-0.25, -0.2) is 9.50 Å². The zero-order chi connectivity index (χ0) is 19.0. The van der Waals surface area contributed by atoms with Crippen molar-refractivity contribution >= 4 is 22.6 Å². The lowest BCUT2D eigenvalue weighted by molar-refractivity contribution is 0.0929. The molecule has 0 radical (unpaired) electrons. The number of carbonyl (C=O) groups is 1. The second-order valence-corrected chi connectivity index (χ2v) is 7.07. The van der Waals surface area contributed by atoms with Gasteiger partial charge in [-0.1, -0.05) is 26.0 Å². The van der Waals surface area contributed by atoms with Crippen LogP contribution in [-0.2, 0) is 7.05 Å². The highest BCUT2D eigenvalue weighted by molar-refractivity contribution is 5.95. The second kappa shape index (κ2) is 6.79. The number of pyridine rings is 1. The van der Waals surface area contributed by atoms with Gasteiger partial charge in [0.05, 0.1) is 17.1 Å². The summed E-state index contributed by atoms with van der Waals surface area (Å²) in [4.78, 5) is 17.6. The second-order valence-electron chi connectivity index (χ2n) is 7.07. The minimum Gasteiger partial charge on any atom is -0.342 e. The molecule has 0 aliphatic heterocycles. The van der Waals surface area contributed by atoms with Crippen LogP contribution in [0, 0.1) is 5.92 Å². The number of hydrogen-bond acceptors (Lipinski definition) is 5. The Morgan fingerprint density at radius 3 is 2.81 bits per heavy atom. The lowest BCUT2D eigenvalue weighted by Gasteiger charge is -2.20. The summed E-state index contributed by atoms with van der Waals surface area (Å²) in [6, 6.07) is 11.2. The van der Waals surface area contributed by atoms with Gasteiger partial charge in [0.15, 0.2) is 5.65 Å². The molecule has 0 saturated heterocycles. The monoisotopic (exact) mass is 363 g/mol. The molecular formula is C19H21N7O. The fourth-order valence-electron chi connectivity index (χ4n) is 3.30. The van der Waals surface area contributed by atoms with Crippen molar-refractivity contribution in [2.24, 2.45) is 13.0 Å². The van der Waals surface area contributed by atoms with E-state index < -0.39 is 0 Å². The van der Waals surface area contributed by atoms with Gasteiger partial charge in [0, 0.05) is 18.8 Å². The predicted molar refractivity (Wildman–Crippen MR) is 101 cm³/mol. The van der Waals surface area contributed by atoms with Crippen molar-refractivity contribution in [1.29, 1.82) is 0 Å². The standard InChI is InChI=1S/C19H21N7O/c1-12(2)10-15(18-20-14-6-4-5-7-16(14)25(18)3)21-19(27)13-8-9-26-17(11-13)22-23-24-26/h4-9,11-12,15H,10H2,1-3H3,(H,21,27)/t15-/m0/s1. The fourth-order valence-corrected chi connectivity index (χ4v) is 3.30. The number of fused-ring (bicyclic) bond motifs is 2. The summed E-state index contributed by atoms with van der Waals surface area (Å²) in [5, 5.41) is 14.5. The van der Waals surface area contributed by atoms with Crippen LogP contribution in [-0.4, -0.2) is 35.5 Å². The predicted octanol–water partition coefficient (Wildman–Crippen LogP) is 2.53. The summed E-state index contributed by atoms with van der Waals surface area (Å²) in [7, 11) is 1.98. The first kappa shape index (κ1) is 17.1. The number of hydrogen-bond donors (Lipinski definition) is 1. The Morgan fingerprint density at radius 2 is 2.04 bits per heavy atom. The third-order valence-corrected chi connectivity index (χ3v) is 4.61. The van der Waals surface area contributed by atoms with Crippen molar-refractivity contribution in [3.05, 3.63) is 54.0 Å². The molecular weight excluding hydrogens is 342 g/mol. The highest BCUT2D eigenvalue weighted by atomic mass is 16.1. The zero-order valence-electron chi connectivity index (χ0n) is 15.5. The number of carbonyl (C=O) groups excluding carboxylic acids is 1. The van der Waals surface area contributed by atoms with Gasteiger partial charge in [-0.3, -0.25) is 4.79 Å². The molecule has 3 aromatic heterocycles. The van der Waals surface area contributed by atoms with Gasteiger partial charge in [0.25, 0.3) is 5.91 Å². The summed E-state index contributed by atoms with van der Waals surface area (Å²) < 4.78 is 3.57. The van der Waals surface area contributed by atoms with Crippen molar-refractivity contribution in [2.75, 3.05) is 0 Å². The Labute approximate surface area is 156 Å². The van der Waals surface area contributed by atoms with Crippen molar-refractivity contribution in [2.45, 2.75) is 26.3 Å². The molecule has 1 aromatic carbocycles. The van der Waals surface area contributed by atoms with Gasteiger partial charge < -0.3 is 9.88 Å². The number of para-hydroxylation sites is 2. The van der Waals surface area contributed by atoms with Crippen LogP contribution in [0.5, 0.6) is 0 Å². The Bertz CT molecular complexity index is 1110. The van der Waals surface area contributed by atoms with E-state index >= 15 is 0 Å². The lowest BCUT2D eigenvalue weighted by atomic mass is 10.0. The third kappa shape index (κ3) is 3.25. The molecule has 0 aliphatic rings. The maximum Gasteiger partial charge on any atom is 0.252 e. The van der Waals surface area contributed by atoms with Gasteiger partial charge in [0.1, 0.15) is 5.82 Å². The lowest BCUT2D eigenvalue weighted by Crippen LogP contribution is -2.31. The Morgan fingerprint density at radius 1 is 1.22 bits per heavy atom. The average molecular weight is 363 g/mol. The van der Waals surface area contributed by atoms with E-state index in [9.17, 15) is 4.79 Å². The first-order valence-electron chi connectivity index (χ1n) is 8.93. The average Bonchev–Trinajstić information content (AvgIpc) is 3.25. The maximum atomic E-state index is 12.9. The van der Waals surface area contributed by atoms with E-state index in [0.29, 0.717) is 17.1 Å². The molecule has 4 aromatic rings. The molecule has 0 bridgehead atoms. The Hall–Kier alpha value is -3.29. The summed E-state index contributed by atoms with van der Waals surface area (Å²) in [5.41, 5.74) is 3.02. The number of nitrogens with zero attached hydrogens (tertiary/aromatic N) is 6. The highest BCUT2D eigenvalue weighted by Gasteiger charge is 2.22. The normalized spacial score (nSPS) is 12.7. The Kier molecular flexibility index (Phi) is 4.31. The molecule has 3 heterocycles. The number of aryl methyl sites for hydroxylation is 1. The number of benzene rings is 1. The number of rotatable bonds is 5. The molecule has 1 amide bonds. The maximum absolute atomic E-state index is 12.9. The zero-order valence-corrected chi connectivity index (χ0v) is 15.5. The van der Waals surface area contributed by atoms with Crippen molar-refractivity contribution in [3.63, 3.8) is 0 Å². The molecule has 8 nitrogen and oxygen atoms in total. The van der Waals surface area contributed by atoms with Crippen LogP contribution >= 0.6 is 0 Å². The molecule has 138 valence electrons. The smallest absolute Gasteiger partial charge is 0.252 e. The number of aromatic nitrogens is 6. The Balaban J connectivity index is 1.67. The van der Waals surface area contributed by atoms with Gasteiger partial charge in [-0.15, -0.1) is 5.10 Å². The van der Waals surface area contributed by atoms with Crippen LogP contribution in [0.15, 0.2) is 42.6 Å². The molecule has 0 aliphatic carbocycles. The van der Waals surface area contributed by atoms with Gasteiger partial charge in [-0.05, 0) is 47.0 Å². The number of imidazole rings is 1. The fraction of sp³-hybridized carbons (Fsp3) is 0.316. The topological polar surface area (TPSA) is 90.0 Å². The van der Waals surface area contributed by atoms with Gasteiger partial charge in [0.2, 0.25) is 0 Å². The van der Waals surface area contributed by atoms with Crippen LogP contribution in [0.2, 0.25) is 0 Å². The minimum atomic E-state index is -0.192. The first-order valence-corrected chi connectivity index (χ1v) is 8.93. The van der Waals surface area contributed by atoms with Gasteiger partial charge >= 0.3 is 0 Å². The third-order valence-electron chi connectivity index (χ3n) is 4.61. The molecule has 0 spiro atoms. The summed E-state index contributed by atoms with van der Waals surface area (Å²) >= 11 is 0. The number of tetrazole rings is 1. The molecule has 27 heavy (non-hydrogen) atoms. The van der Waals surface area contributed by atoms with Crippen LogP contribution in [0.25, 0.3) is 16.7 Å². The van der Waals surface area contributed by atoms with Crippen molar-refractivity contribution in [1.82, 2.24) is 34.9 Å². The van der Waals surface area contributed by atoms with E-state index in [-0.39, 0.29) is 11.9 Å². The summed E-state index contributed by atoms with van der Waals surface area (Å²) in [6.45, 7) is 4.27. The largest absolute Gasteiger partial charge is 0.342 e. The number of nitrogens with one attached hydrogen (secondary N) is 1. The van der Waals surface area contributed by atoms with Crippen LogP contribution in [0.4, 0.5) is 0 Å². The SMILES string of the molecule is CC(C)C[C@H](NC(=O)c1ccn2nnnc2c1)c1nc2ccccc2n1C. The van der Waals surface area contributed by atoms with E-state index in [4.69, 9.17) is 4.98 Å². The van der Waals surface area contributed by atoms with Crippen molar-refractivity contribution < 1.29 is 4.79 Å². The summed E-state index contributed by atoms with van der Waals surface area (Å²) in [6.07, 6.45) is 2.47. The van der Waals surface area contributed by atoms with E-state index in [2.05, 4.69) is 34.7 Å². The molecule has 8 heteroatoms. The van der Waals surface area contributed by atoms with E-state index in [0.717, 1.165) is 23.3 Å². The van der Waals surface area contributed by atoms with E-state index in [1.807, 2.05) is 35.9 Å². The highest BCUT2D eigenvalue weighted by Crippen LogP contribution is 2.25. The summed E-state index contributed by atoms with van der Waals surface area (Å²) in [5.74, 6) is 1.08. The quantitative estimate of drug-likeness (QED) is 0.588. The minimum absolute atomic E-state index is 0.168. The first-order chi connectivity index (χ1) is 13.0. The van der Waals surface area contributed by atoms with Crippen LogP contribution < -0.4 is 5.32 Å². The van der Waals surface area contributed by atoms with Gasteiger partial charge in [-0.2, -0.15) is 0 Å². The molecule has 0 saturated carbocycles. The molecule has 0 fully saturated rings. The van der Waals surface area contributed by atoms with E-state index in [1.165, 1.54) is 4.52 Å².